The van der Waals surface area contributed by atoms with E-state index in [0.29, 0.717) is 17.8 Å². The lowest BCUT2D eigenvalue weighted by Crippen LogP contribution is -2.41. The van der Waals surface area contributed by atoms with Gasteiger partial charge in [-0.15, -0.1) is 11.3 Å². The SMILES string of the molecule is C[C@@H]1CCCCN1S(=O)(=O)c1ccc(C(=O)Nc2ccc3ncsc3c2)cc1. The molecular weight excluding hydrogens is 394 g/mol. The average molecular weight is 416 g/mol. The Morgan fingerprint density at radius 3 is 2.71 bits per heavy atom. The highest BCUT2D eigenvalue weighted by Gasteiger charge is 2.30. The van der Waals surface area contributed by atoms with Crippen LogP contribution in [0.4, 0.5) is 5.69 Å². The number of amides is 1. The molecule has 0 unspecified atom stereocenters. The first kappa shape index (κ1) is 19.0. The largest absolute Gasteiger partial charge is 0.322 e. The van der Waals surface area contributed by atoms with Crippen molar-refractivity contribution in [1.29, 1.82) is 0 Å². The molecule has 1 aromatic heterocycles. The summed E-state index contributed by atoms with van der Waals surface area (Å²) in [6, 6.07) is 11.7. The Labute approximate surface area is 168 Å². The fourth-order valence-electron chi connectivity index (χ4n) is 3.48. The number of aromatic nitrogens is 1. The number of thiazole rings is 1. The topological polar surface area (TPSA) is 79.4 Å². The van der Waals surface area contributed by atoms with E-state index in [4.69, 9.17) is 0 Å². The van der Waals surface area contributed by atoms with Crippen LogP contribution in [0, 0.1) is 0 Å². The summed E-state index contributed by atoms with van der Waals surface area (Å²) in [6.45, 7) is 2.49. The second-order valence-electron chi connectivity index (χ2n) is 6.97. The number of carbonyl (C=O) groups excluding carboxylic acids is 1. The van der Waals surface area contributed by atoms with Crippen LogP contribution in [0.5, 0.6) is 0 Å². The van der Waals surface area contributed by atoms with Crippen LogP contribution in [0.2, 0.25) is 0 Å². The maximum Gasteiger partial charge on any atom is 0.255 e. The van der Waals surface area contributed by atoms with E-state index >= 15 is 0 Å². The summed E-state index contributed by atoms with van der Waals surface area (Å²) in [6.07, 6.45) is 2.82. The second-order valence-corrected chi connectivity index (χ2v) is 9.75. The van der Waals surface area contributed by atoms with Crippen molar-refractivity contribution in [3.05, 3.63) is 53.5 Å². The van der Waals surface area contributed by atoms with Gasteiger partial charge in [-0.05, 0) is 62.2 Å². The fourth-order valence-corrected chi connectivity index (χ4v) is 5.89. The van der Waals surface area contributed by atoms with E-state index in [1.165, 1.54) is 23.5 Å². The molecule has 1 aliphatic heterocycles. The Hall–Kier alpha value is -2.29. The van der Waals surface area contributed by atoms with Gasteiger partial charge in [-0.2, -0.15) is 4.31 Å². The van der Waals surface area contributed by atoms with Crippen LogP contribution in [0.3, 0.4) is 0 Å². The van der Waals surface area contributed by atoms with Gasteiger partial charge in [-0.25, -0.2) is 13.4 Å². The van der Waals surface area contributed by atoms with E-state index in [1.54, 1.807) is 28.0 Å². The lowest BCUT2D eigenvalue weighted by atomic mass is 10.1. The zero-order chi connectivity index (χ0) is 19.7. The number of anilines is 1. The lowest BCUT2D eigenvalue weighted by Gasteiger charge is -2.32. The van der Waals surface area contributed by atoms with Gasteiger partial charge >= 0.3 is 0 Å². The summed E-state index contributed by atoms with van der Waals surface area (Å²) in [4.78, 5) is 17.0. The minimum Gasteiger partial charge on any atom is -0.322 e. The number of nitrogens with one attached hydrogen (secondary N) is 1. The monoisotopic (exact) mass is 415 g/mol. The Bertz CT molecular complexity index is 1110. The minimum absolute atomic E-state index is 0.00313. The van der Waals surface area contributed by atoms with Crippen molar-refractivity contribution in [2.75, 3.05) is 11.9 Å². The number of hydrogen-bond donors (Lipinski definition) is 1. The standard InChI is InChI=1S/C20H21N3O3S2/c1-14-4-2-3-11-23(14)28(25,26)17-8-5-15(6-9-17)20(24)22-16-7-10-18-19(12-16)27-13-21-18/h5-10,12-14H,2-4,11H2,1H3,(H,22,24)/t14-/m1/s1. The summed E-state index contributed by atoms with van der Waals surface area (Å²) in [5.41, 5.74) is 3.75. The molecule has 8 heteroatoms. The summed E-state index contributed by atoms with van der Waals surface area (Å²) < 4.78 is 28.3. The number of nitrogens with zero attached hydrogens (tertiary/aromatic N) is 2. The van der Waals surface area contributed by atoms with Crippen molar-refractivity contribution in [2.24, 2.45) is 0 Å². The summed E-state index contributed by atoms with van der Waals surface area (Å²) in [5, 5.41) is 2.85. The third-order valence-electron chi connectivity index (χ3n) is 5.05. The Balaban J connectivity index is 1.51. The molecule has 0 spiro atoms. The highest BCUT2D eigenvalue weighted by molar-refractivity contribution is 7.89. The summed E-state index contributed by atoms with van der Waals surface area (Å²) in [7, 11) is -3.53. The molecule has 1 aliphatic rings. The molecule has 146 valence electrons. The van der Waals surface area contributed by atoms with Crippen molar-refractivity contribution < 1.29 is 13.2 Å². The minimum atomic E-state index is -3.53. The van der Waals surface area contributed by atoms with Crippen LogP contribution < -0.4 is 5.32 Å². The van der Waals surface area contributed by atoms with Crippen LogP contribution in [0.1, 0.15) is 36.5 Å². The van der Waals surface area contributed by atoms with E-state index in [-0.39, 0.29) is 16.8 Å². The van der Waals surface area contributed by atoms with Gasteiger partial charge in [0.15, 0.2) is 0 Å². The normalized spacial score (nSPS) is 18.2. The van der Waals surface area contributed by atoms with Gasteiger partial charge in [0, 0.05) is 23.8 Å². The van der Waals surface area contributed by atoms with Crippen molar-refractivity contribution in [1.82, 2.24) is 9.29 Å². The number of piperidine rings is 1. The molecule has 0 radical (unpaired) electrons. The molecule has 28 heavy (non-hydrogen) atoms. The van der Waals surface area contributed by atoms with Crippen LogP contribution in [-0.4, -0.2) is 36.2 Å². The Morgan fingerprint density at radius 1 is 1.18 bits per heavy atom. The molecular formula is C20H21N3O3S2. The molecule has 1 N–H and O–H groups in total. The summed E-state index contributed by atoms with van der Waals surface area (Å²) in [5.74, 6) is -0.279. The van der Waals surface area contributed by atoms with E-state index in [0.717, 1.165) is 29.5 Å². The highest BCUT2D eigenvalue weighted by Crippen LogP contribution is 2.26. The van der Waals surface area contributed by atoms with Gasteiger partial charge in [0.25, 0.3) is 5.91 Å². The molecule has 1 fully saturated rings. The molecule has 0 aliphatic carbocycles. The first-order valence-electron chi connectivity index (χ1n) is 9.22. The summed E-state index contributed by atoms with van der Waals surface area (Å²) >= 11 is 1.51. The number of benzene rings is 2. The number of sulfonamides is 1. The maximum atomic E-state index is 12.9. The molecule has 0 bridgehead atoms. The Morgan fingerprint density at radius 2 is 1.96 bits per heavy atom. The molecule has 1 saturated heterocycles. The smallest absolute Gasteiger partial charge is 0.255 e. The third kappa shape index (κ3) is 3.67. The van der Waals surface area contributed by atoms with Crippen LogP contribution in [0.25, 0.3) is 10.2 Å². The maximum absolute atomic E-state index is 12.9. The van der Waals surface area contributed by atoms with Crippen LogP contribution >= 0.6 is 11.3 Å². The van der Waals surface area contributed by atoms with Gasteiger partial charge in [0.2, 0.25) is 10.0 Å². The highest BCUT2D eigenvalue weighted by atomic mass is 32.2. The van der Waals surface area contributed by atoms with Gasteiger partial charge in [-0.1, -0.05) is 6.42 Å². The molecule has 6 nitrogen and oxygen atoms in total. The van der Waals surface area contributed by atoms with Crippen molar-refractivity contribution in [3.63, 3.8) is 0 Å². The first-order chi connectivity index (χ1) is 13.4. The molecule has 3 aromatic rings. The average Bonchev–Trinajstić information content (AvgIpc) is 3.16. The predicted octanol–water partition coefficient (Wildman–Crippen LogP) is 4.11. The second kappa shape index (κ2) is 7.62. The van der Waals surface area contributed by atoms with Crippen LogP contribution in [-0.2, 0) is 10.0 Å². The van der Waals surface area contributed by atoms with E-state index in [9.17, 15) is 13.2 Å². The third-order valence-corrected chi connectivity index (χ3v) is 7.87. The molecule has 1 atom stereocenters. The van der Waals surface area contributed by atoms with Crippen molar-refractivity contribution >= 4 is 43.2 Å². The molecule has 2 heterocycles. The van der Waals surface area contributed by atoms with E-state index in [1.807, 2.05) is 19.1 Å². The zero-order valence-corrected chi connectivity index (χ0v) is 17.1. The van der Waals surface area contributed by atoms with E-state index < -0.39 is 10.0 Å². The fraction of sp³-hybridized carbons (Fsp3) is 0.300. The number of fused-ring (bicyclic) bond motifs is 1. The Kier molecular flexibility index (Phi) is 5.18. The molecule has 2 aromatic carbocycles. The number of rotatable bonds is 4. The predicted molar refractivity (Wildman–Crippen MR) is 111 cm³/mol. The number of carbonyl (C=O) groups is 1. The lowest BCUT2D eigenvalue weighted by molar-refractivity contribution is 0.102. The first-order valence-corrected chi connectivity index (χ1v) is 11.5. The molecule has 1 amide bonds. The van der Waals surface area contributed by atoms with Gasteiger partial charge in [0.05, 0.1) is 20.6 Å². The zero-order valence-electron chi connectivity index (χ0n) is 15.5. The van der Waals surface area contributed by atoms with E-state index in [2.05, 4.69) is 10.3 Å². The quantitative estimate of drug-likeness (QED) is 0.695. The molecule has 0 saturated carbocycles. The van der Waals surface area contributed by atoms with Gasteiger partial charge in [-0.3, -0.25) is 4.79 Å². The van der Waals surface area contributed by atoms with Crippen molar-refractivity contribution in [2.45, 2.75) is 37.1 Å². The molecule has 4 rings (SSSR count). The van der Waals surface area contributed by atoms with Crippen LogP contribution in [0.15, 0.2) is 52.9 Å². The van der Waals surface area contributed by atoms with Gasteiger partial charge < -0.3 is 5.32 Å². The van der Waals surface area contributed by atoms with Gasteiger partial charge in [0.1, 0.15) is 0 Å². The number of hydrogen-bond acceptors (Lipinski definition) is 5. The van der Waals surface area contributed by atoms with Crippen molar-refractivity contribution in [3.8, 4) is 0 Å².